The number of rotatable bonds is 3. The summed E-state index contributed by atoms with van der Waals surface area (Å²) in [7, 11) is 1.62. The molecule has 0 unspecified atom stereocenters. The Kier molecular flexibility index (Phi) is 6.92. The van der Waals surface area contributed by atoms with Crippen molar-refractivity contribution >= 4 is 29.1 Å². The Morgan fingerprint density at radius 2 is 1.91 bits per heavy atom. The van der Waals surface area contributed by atoms with Gasteiger partial charge in [-0.05, 0) is 48.7 Å². The number of urea groups is 1. The number of likely N-dealkylation sites (N-methyl/N-ethyl adjacent to an activating group) is 1. The van der Waals surface area contributed by atoms with E-state index in [0.29, 0.717) is 5.02 Å². The molecule has 0 bridgehead atoms. The van der Waals surface area contributed by atoms with Crippen LogP contribution in [-0.2, 0) is 16.1 Å². The van der Waals surface area contributed by atoms with Gasteiger partial charge in [-0.2, -0.15) is 5.10 Å². The molecule has 10 heteroatoms. The summed E-state index contributed by atoms with van der Waals surface area (Å²) >= 11 is 6.25. The average Bonchev–Trinajstić information content (AvgIpc) is 3.33. The number of halogens is 1. The van der Waals surface area contributed by atoms with Gasteiger partial charge in [0.25, 0.3) is 5.91 Å². The number of aromatic nitrogens is 3. The number of nitrogens with zero attached hydrogens (tertiary/aromatic N) is 5. The molecular formula is C23H27ClN6O3. The second-order valence-electron chi connectivity index (χ2n) is 8.16. The van der Waals surface area contributed by atoms with E-state index in [4.69, 9.17) is 16.3 Å². The third-order valence-corrected chi connectivity index (χ3v) is 5.99. The second-order valence-corrected chi connectivity index (χ2v) is 8.60. The van der Waals surface area contributed by atoms with Gasteiger partial charge in [0.2, 0.25) is 0 Å². The molecular weight excluding hydrogens is 444 g/mol. The van der Waals surface area contributed by atoms with Gasteiger partial charge in [0.15, 0.2) is 0 Å². The van der Waals surface area contributed by atoms with Crippen LogP contribution in [0.15, 0.2) is 30.7 Å². The van der Waals surface area contributed by atoms with Gasteiger partial charge in [-0.1, -0.05) is 11.6 Å². The van der Waals surface area contributed by atoms with E-state index in [1.807, 2.05) is 38.2 Å². The zero-order valence-corrected chi connectivity index (χ0v) is 19.7. The standard InChI is InChI=1S/C19H18ClN5O2.C4H9NO/c1-11-4-14(20)6-15(12(11)2)18-16-5-13(8-25(16)22-10-21-18)7-24-17(26)9-23(3)19(24)27;1-3-6-4-2-5-1/h4-6,8,10H,7,9H2,1-3H3;5H,1-4H2. The summed E-state index contributed by atoms with van der Waals surface area (Å²) in [4.78, 5) is 31.3. The molecule has 2 aliphatic heterocycles. The lowest BCUT2D eigenvalue weighted by molar-refractivity contribution is -0.125. The Hall–Kier alpha value is -3.01. The van der Waals surface area contributed by atoms with E-state index in [-0.39, 0.29) is 25.0 Å². The van der Waals surface area contributed by atoms with Gasteiger partial charge in [-0.3, -0.25) is 9.69 Å². The molecule has 2 aliphatic rings. The molecule has 5 rings (SSSR count). The maximum Gasteiger partial charge on any atom is 0.327 e. The van der Waals surface area contributed by atoms with Gasteiger partial charge < -0.3 is 15.0 Å². The molecule has 9 nitrogen and oxygen atoms in total. The molecule has 0 spiro atoms. The highest BCUT2D eigenvalue weighted by Gasteiger charge is 2.33. The molecule has 2 aromatic heterocycles. The van der Waals surface area contributed by atoms with Crippen molar-refractivity contribution in [2.75, 3.05) is 39.9 Å². The molecule has 3 aromatic rings. The van der Waals surface area contributed by atoms with E-state index < -0.39 is 0 Å². The topological polar surface area (TPSA) is 92.1 Å². The molecule has 0 radical (unpaired) electrons. The normalized spacial score (nSPS) is 16.4. The minimum atomic E-state index is -0.289. The first-order chi connectivity index (χ1) is 15.8. The molecule has 174 valence electrons. The zero-order chi connectivity index (χ0) is 23.5. The Morgan fingerprint density at radius 3 is 2.52 bits per heavy atom. The van der Waals surface area contributed by atoms with Gasteiger partial charge in [-0.15, -0.1) is 0 Å². The fourth-order valence-electron chi connectivity index (χ4n) is 3.86. The highest BCUT2D eigenvalue weighted by atomic mass is 35.5. The number of ether oxygens (including phenoxy) is 1. The smallest absolute Gasteiger partial charge is 0.327 e. The first-order valence-electron chi connectivity index (χ1n) is 10.8. The van der Waals surface area contributed by atoms with Crippen molar-refractivity contribution < 1.29 is 14.3 Å². The number of nitrogens with one attached hydrogen (secondary N) is 1. The van der Waals surface area contributed by atoms with Crippen molar-refractivity contribution in [1.82, 2.24) is 29.7 Å². The Balaban J connectivity index is 0.000000376. The van der Waals surface area contributed by atoms with Crippen LogP contribution < -0.4 is 5.32 Å². The fraction of sp³-hybridized carbons (Fsp3) is 0.391. The summed E-state index contributed by atoms with van der Waals surface area (Å²) in [5.74, 6) is -0.203. The zero-order valence-electron chi connectivity index (χ0n) is 19.0. The van der Waals surface area contributed by atoms with E-state index >= 15 is 0 Å². The lowest BCUT2D eigenvalue weighted by Crippen LogP contribution is -2.30. The van der Waals surface area contributed by atoms with Crippen LogP contribution in [0.5, 0.6) is 0 Å². The van der Waals surface area contributed by atoms with Crippen molar-refractivity contribution in [3.05, 3.63) is 52.4 Å². The number of morpholine rings is 1. The number of amides is 3. The summed E-state index contributed by atoms with van der Waals surface area (Å²) in [6.07, 6.45) is 3.30. The van der Waals surface area contributed by atoms with Gasteiger partial charge in [0, 0.05) is 36.9 Å². The third kappa shape index (κ3) is 5.00. The quantitative estimate of drug-likeness (QED) is 0.592. The van der Waals surface area contributed by atoms with Crippen LogP contribution in [0.1, 0.15) is 16.7 Å². The predicted octanol–water partition coefficient (Wildman–Crippen LogP) is 2.67. The Morgan fingerprint density at radius 1 is 1.15 bits per heavy atom. The van der Waals surface area contributed by atoms with E-state index in [0.717, 1.165) is 59.8 Å². The molecule has 1 aromatic carbocycles. The third-order valence-electron chi connectivity index (χ3n) is 5.77. The molecule has 0 atom stereocenters. The number of carbonyl (C=O) groups is 2. The number of benzene rings is 1. The van der Waals surface area contributed by atoms with Crippen LogP contribution in [0.3, 0.4) is 0 Å². The van der Waals surface area contributed by atoms with Crippen molar-refractivity contribution in [2.45, 2.75) is 20.4 Å². The SMILES string of the molecule is C1COCCN1.Cc1cc(Cl)cc(-c2ncnn3cc(CN4C(=O)CN(C)C4=O)cc23)c1C. The van der Waals surface area contributed by atoms with Gasteiger partial charge in [0.1, 0.15) is 12.9 Å². The van der Waals surface area contributed by atoms with Gasteiger partial charge >= 0.3 is 6.03 Å². The lowest BCUT2D eigenvalue weighted by Gasteiger charge is -2.12. The van der Waals surface area contributed by atoms with Crippen molar-refractivity contribution in [2.24, 2.45) is 0 Å². The highest BCUT2D eigenvalue weighted by Crippen LogP contribution is 2.31. The van der Waals surface area contributed by atoms with Crippen LogP contribution >= 0.6 is 11.6 Å². The minimum absolute atomic E-state index is 0.109. The molecule has 2 saturated heterocycles. The maximum atomic E-state index is 12.1. The number of aryl methyl sites for hydroxylation is 1. The van der Waals surface area contributed by atoms with Crippen LogP contribution in [0.4, 0.5) is 4.79 Å². The average molecular weight is 471 g/mol. The van der Waals surface area contributed by atoms with Crippen LogP contribution in [0.25, 0.3) is 16.8 Å². The fourth-order valence-corrected chi connectivity index (χ4v) is 4.13. The first-order valence-corrected chi connectivity index (χ1v) is 11.2. The summed E-state index contributed by atoms with van der Waals surface area (Å²) in [6.45, 7) is 8.19. The number of hydrogen-bond acceptors (Lipinski definition) is 6. The maximum absolute atomic E-state index is 12.1. The largest absolute Gasteiger partial charge is 0.379 e. The Bertz CT molecular complexity index is 1180. The number of hydrogen-bond donors (Lipinski definition) is 1. The molecule has 0 saturated carbocycles. The highest BCUT2D eigenvalue weighted by molar-refractivity contribution is 6.31. The number of imide groups is 1. The van der Waals surface area contributed by atoms with Crippen molar-refractivity contribution in [3.8, 4) is 11.3 Å². The minimum Gasteiger partial charge on any atom is -0.379 e. The van der Waals surface area contributed by atoms with Gasteiger partial charge in [0.05, 0.1) is 31.0 Å². The molecule has 4 heterocycles. The monoisotopic (exact) mass is 470 g/mol. The van der Waals surface area contributed by atoms with E-state index in [9.17, 15) is 9.59 Å². The first kappa shape index (κ1) is 23.2. The van der Waals surface area contributed by atoms with Gasteiger partial charge in [-0.25, -0.2) is 14.3 Å². The molecule has 33 heavy (non-hydrogen) atoms. The van der Waals surface area contributed by atoms with E-state index in [1.165, 1.54) is 16.1 Å². The molecule has 2 fully saturated rings. The van der Waals surface area contributed by atoms with Crippen LogP contribution in [-0.4, -0.2) is 76.2 Å². The Labute approximate surface area is 197 Å². The number of carbonyl (C=O) groups excluding carboxylic acids is 2. The van der Waals surface area contributed by atoms with E-state index in [2.05, 4.69) is 15.4 Å². The summed E-state index contributed by atoms with van der Waals surface area (Å²) in [6, 6.07) is 5.43. The van der Waals surface area contributed by atoms with E-state index in [1.54, 1.807) is 11.6 Å². The van der Waals surface area contributed by atoms with Crippen LogP contribution in [0.2, 0.25) is 5.02 Å². The summed E-state index contributed by atoms with van der Waals surface area (Å²) in [5, 5.41) is 8.07. The predicted molar refractivity (Wildman–Crippen MR) is 125 cm³/mol. The molecule has 3 amide bonds. The second kappa shape index (κ2) is 9.86. The van der Waals surface area contributed by atoms with Crippen molar-refractivity contribution in [3.63, 3.8) is 0 Å². The molecule has 0 aliphatic carbocycles. The van der Waals surface area contributed by atoms with Crippen LogP contribution in [0, 0.1) is 13.8 Å². The summed E-state index contributed by atoms with van der Waals surface area (Å²) < 4.78 is 6.72. The summed E-state index contributed by atoms with van der Waals surface area (Å²) in [5.41, 5.74) is 5.47. The van der Waals surface area contributed by atoms with Crippen molar-refractivity contribution in [1.29, 1.82) is 0 Å². The number of fused-ring (bicyclic) bond motifs is 1. The lowest BCUT2D eigenvalue weighted by atomic mass is 10.0. The molecule has 1 N–H and O–H groups in total.